The zero-order valence-electron chi connectivity index (χ0n) is 17.4. The summed E-state index contributed by atoms with van der Waals surface area (Å²) in [5.74, 6) is -0.103. The fourth-order valence-corrected chi connectivity index (χ4v) is 4.08. The first-order chi connectivity index (χ1) is 15.0. The Kier molecular flexibility index (Phi) is 6.42. The summed E-state index contributed by atoms with van der Waals surface area (Å²) >= 11 is 6.22. The third-order valence-corrected chi connectivity index (χ3v) is 5.67. The molecule has 1 aromatic heterocycles. The van der Waals surface area contributed by atoms with E-state index < -0.39 is 0 Å². The maximum atomic E-state index is 12.8. The highest BCUT2D eigenvalue weighted by molar-refractivity contribution is 6.31. The Balaban J connectivity index is 1.45. The number of nitrogens with zero attached hydrogens (tertiary/aromatic N) is 3. The predicted molar refractivity (Wildman–Crippen MR) is 120 cm³/mol. The van der Waals surface area contributed by atoms with Crippen LogP contribution in [0.1, 0.15) is 19.8 Å². The number of benzene rings is 2. The van der Waals surface area contributed by atoms with Gasteiger partial charge in [0.15, 0.2) is 0 Å². The van der Waals surface area contributed by atoms with Crippen LogP contribution in [-0.2, 0) is 16.1 Å². The van der Waals surface area contributed by atoms with Gasteiger partial charge in [-0.05, 0) is 38.0 Å². The van der Waals surface area contributed by atoms with E-state index in [1.165, 1.54) is 0 Å². The van der Waals surface area contributed by atoms with Crippen LogP contribution < -0.4 is 5.32 Å². The van der Waals surface area contributed by atoms with Gasteiger partial charge in [0.1, 0.15) is 12.2 Å². The van der Waals surface area contributed by atoms with Crippen molar-refractivity contribution >= 4 is 34.5 Å². The molecule has 7 nitrogen and oxygen atoms in total. The van der Waals surface area contributed by atoms with Gasteiger partial charge in [-0.3, -0.25) is 9.48 Å². The van der Waals surface area contributed by atoms with Crippen LogP contribution in [0.5, 0.6) is 0 Å². The summed E-state index contributed by atoms with van der Waals surface area (Å²) < 4.78 is 6.76. The summed E-state index contributed by atoms with van der Waals surface area (Å²) in [6.07, 6.45) is 1.12. The summed E-state index contributed by atoms with van der Waals surface area (Å²) in [4.78, 5) is 26.3. The van der Waals surface area contributed by atoms with Crippen LogP contribution in [0, 0.1) is 0 Å². The number of carbonyl (C=O) groups excluding carboxylic acids is 2. The van der Waals surface area contributed by atoms with Gasteiger partial charge in [0, 0.05) is 35.1 Å². The molecule has 8 heteroatoms. The molecule has 3 aromatic rings. The Morgan fingerprint density at radius 2 is 1.90 bits per heavy atom. The van der Waals surface area contributed by atoms with E-state index in [1.54, 1.807) is 22.6 Å². The molecule has 162 valence electrons. The van der Waals surface area contributed by atoms with Crippen molar-refractivity contribution < 1.29 is 14.3 Å². The minimum Gasteiger partial charge on any atom is -0.450 e. The van der Waals surface area contributed by atoms with Crippen molar-refractivity contribution in [1.82, 2.24) is 20.0 Å². The molecule has 0 radical (unpaired) electrons. The van der Waals surface area contributed by atoms with Crippen LogP contribution in [0.4, 0.5) is 4.79 Å². The highest BCUT2D eigenvalue weighted by Crippen LogP contribution is 2.30. The highest BCUT2D eigenvalue weighted by atomic mass is 35.5. The smallest absolute Gasteiger partial charge is 0.409 e. The maximum absolute atomic E-state index is 12.8. The van der Waals surface area contributed by atoms with E-state index in [1.807, 2.05) is 42.5 Å². The molecule has 1 fully saturated rings. The third kappa shape index (κ3) is 4.82. The summed E-state index contributed by atoms with van der Waals surface area (Å²) in [6.45, 7) is 3.42. The second-order valence-electron chi connectivity index (χ2n) is 7.56. The molecule has 0 bridgehead atoms. The number of hydrogen-bond donors (Lipinski definition) is 1. The van der Waals surface area contributed by atoms with Crippen molar-refractivity contribution in [3.8, 4) is 11.3 Å². The SMILES string of the molecule is CCOC(=O)N1CCC(NC(=O)Cn2nc(-c3ccccc3)c3cc(Cl)ccc32)CC1. The number of nitrogens with one attached hydrogen (secondary N) is 1. The van der Waals surface area contributed by atoms with Gasteiger partial charge in [0.25, 0.3) is 0 Å². The average Bonchev–Trinajstić information content (AvgIpc) is 3.12. The molecule has 1 N–H and O–H groups in total. The lowest BCUT2D eigenvalue weighted by molar-refractivity contribution is -0.122. The molecule has 0 unspecified atom stereocenters. The molecule has 1 saturated heterocycles. The number of fused-ring (bicyclic) bond motifs is 1. The number of likely N-dealkylation sites (tertiary alicyclic amines) is 1. The first-order valence-corrected chi connectivity index (χ1v) is 10.9. The molecule has 31 heavy (non-hydrogen) atoms. The summed E-state index contributed by atoms with van der Waals surface area (Å²) in [7, 11) is 0. The Labute approximate surface area is 185 Å². The van der Waals surface area contributed by atoms with Gasteiger partial charge in [-0.15, -0.1) is 0 Å². The van der Waals surface area contributed by atoms with Gasteiger partial charge < -0.3 is 15.0 Å². The molecule has 0 aliphatic carbocycles. The Morgan fingerprint density at radius 1 is 1.16 bits per heavy atom. The second-order valence-corrected chi connectivity index (χ2v) is 8.00. The van der Waals surface area contributed by atoms with Gasteiger partial charge in [-0.2, -0.15) is 5.10 Å². The van der Waals surface area contributed by atoms with E-state index >= 15 is 0 Å². The van der Waals surface area contributed by atoms with Crippen molar-refractivity contribution in [3.05, 3.63) is 53.6 Å². The Morgan fingerprint density at radius 3 is 2.61 bits per heavy atom. The largest absolute Gasteiger partial charge is 0.450 e. The first-order valence-electron chi connectivity index (χ1n) is 10.5. The van der Waals surface area contributed by atoms with Gasteiger partial charge in [0.2, 0.25) is 5.91 Å². The van der Waals surface area contributed by atoms with Gasteiger partial charge in [0.05, 0.1) is 12.1 Å². The van der Waals surface area contributed by atoms with Crippen LogP contribution in [0.15, 0.2) is 48.5 Å². The zero-order chi connectivity index (χ0) is 21.8. The van der Waals surface area contributed by atoms with Crippen molar-refractivity contribution in [2.24, 2.45) is 0 Å². The molecule has 2 aromatic carbocycles. The number of aromatic nitrogens is 2. The van der Waals surface area contributed by atoms with E-state index in [0.29, 0.717) is 37.6 Å². The monoisotopic (exact) mass is 440 g/mol. The lowest BCUT2D eigenvalue weighted by atomic mass is 10.1. The lowest BCUT2D eigenvalue weighted by Crippen LogP contribution is -2.47. The molecule has 2 heterocycles. The van der Waals surface area contributed by atoms with E-state index in [9.17, 15) is 9.59 Å². The van der Waals surface area contributed by atoms with Crippen LogP contribution in [0.2, 0.25) is 5.02 Å². The number of carbonyl (C=O) groups is 2. The summed E-state index contributed by atoms with van der Waals surface area (Å²) in [6, 6.07) is 15.5. The van der Waals surface area contributed by atoms with Crippen molar-refractivity contribution in [2.45, 2.75) is 32.4 Å². The van der Waals surface area contributed by atoms with Crippen LogP contribution in [0.25, 0.3) is 22.2 Å². The second kappa shape index (κ2) is 9.39. The average molecular weight is 441 g/mol. The van der Waals surface area contributed by atoms with Gasteiger partial charge in [-0.1, -0.05) is 41.9 Å². The molecule has 0 atom stereocenters. The van der Waals surface area contributed by atoms with Crippen molar-refractivity contribution in [3.63, 3.8) is 0 Å². The molecule has 0 spiro atoms. The number of hydrogen-bond acceptors (Lipinski definition) is 4. The highest BCUT2D eigenvalue weighted by Gasteiger charge is 2.25. The number of rotatable bonds is 5. The van der Waals surface area contributed by atoms with E-state index in [2.05, 4.69) is 5.32 Å². The zero-order valence-corrected chi connectivity index (χ0v) is 18.1. The predicted octanol–water partition coefficient (Wildman–Crippen LogP) is 4.09. The van der Waals surface area contributed by atoms with Gasteiger partial charge >= 0.3 is 6.09 Å². The molecule has 2 amide bonds. The fourth-order valence-electron chi connectivity index (χ4n) is 3.91. The van der Waals surface area contributed by atoms with Crippen molar-refractivity contribution in [2.75, 3.05) is 19.7 Å². The first kappa shape index (κ1) is 21.2. The maximum Gasteiger partial charge on any atom is 0.409 e. The Hall–Kier alpha value is -3.06. The van der Waals surface area contributed by atoms with E-state index in [-0.39, 0.29) is 24.6 Å². The summed E-state index contributed by atoms with van der Waals surface area (Å²) in [5.41, 5.74) is 2.63. The third-order valence-electron chi connectivity index (χ3n) is 5.44. The fraction of sp³-hybridized carbons (Fsp3) is 0.348. The normalized spacial score (nSPS) is 14.6. The molecule has 1 aliphatic heterocycles. The Bertz CT molecular complexity index is 1080. The molecule has 1 aliphatic rings. The van der Waals surface area contributed by atoms with E-state index in [0.717, 1.165) is 22.2 Å². The lowest BCUT2D eigenvalue weighted by Gasteiger charge is -2.31. The van der Waals surface area contributed by atoms with Crippen LogP contribution >= 0.6 is 11.6 Å². The topological polar surface area (TPSA) is 76.5 Å². The standard InChI is InChI=1S/C23H25ClN4O3/c1-2-31-23(30)27-12-10-18(11-13-27)25-21(29)15-28-20-9-8-17(24)14-19(20)22(26-28)16-6-4-3-5-7-16/h3-9,14,18H,2,10-13,15H2,1H3,(H,25,29). The van der Waals surface area contributed by atoms with E-state index in [4.69, 9.17) is 21.4 Å². The number of piperidine rings is 1. The quantitative estimate of drug-likeness (QED) is 0.648. The minimum absolute atomic E-state index is 0.0306. The van der Waals surface area contributed by atoms with Crippen LogP contribution in [0.3, 0.4) is 0 Å². The molecule has 0 saturated carbocycles. The molecular weight excluding hydrogens is 416 g/mol. The number of amides is 2. The summed E-state index contributed by atoms with van der Waals surface area (Å²) in [5, 5.41) is 9.33. The van der Waals surface area contributed by atoms with Gasteiger partial charge in [-0.25, -0.2) is 4.79 Å². The van der Waals surface area contributed by atoms with Crippen LogP contribution in [-0.4, -0.2) is 52.4 Å². The number of ether oxygens (including phenoxy) is 1. The van der Waals surface area contributed by atoms with Crippen molar-refractivity contribution in [1.29, 1.82) is 0 Å². The minimum atomic E-state index is -0.289. The molecule has 4 rings (SSSR count). The molecular formula is C23H25ClN4O3. The number of halogens is 1.